The molecule has 2 heterocycles. The first kappa shape index (κ1) is 21.1. The van der Waals surface area contributed by atoms with E-state index >= 15 is 0 Å². The molecule has 0 aliphatic carbocycles. The average Bonchev–Trinajstić information content (AvgIpc) is 3.06. The van der Waals surface area contributed by atoms with Crippen molar-refractivity contribution in [2.45, 2.75) is 25.9 Å². The Kier molecular flexibility index (Phi) is 7.58. The summed E-state index contributed by atoms with van der Waals surface area (Å²) in [6.45, 7) is 6.69. The standard InChI is InChI=1S/C18H23F3N4OS/c1-4-24(14(2)7-10-27-11-8-18(19,20)21)17-12-16(23-25(17)26-3)15-6-5-9-22-13-15/h5-6,9,12-13H,2,4,7-8,10-11H2,1,3H3. The Balaban J connectivity index is 2.03. The quantitative estimate of drug-likeness (QED) is 0.553. The zero-order valence-corrected chi connectivity index (χ0v) is 16.2. The highest BCUT2D eigenvalue weighted by atomic mass is 32.2. The molecule has 0 fully saturated rings. The molecule has 0 spiro atoms. The van der Waals surface area contributed by atoms with Crippen LogP contribution in [0.25, 0.3) is 11.3 Å². The predicted octanol–water partition coefficient (Wildman–Crippen LogP) is 4.42. The van der Waals surface area contributed by atoms with E-state index < -0.39 is 12.6 Å². The Morgan fingerprint density at radius 3 is 2.74 bits per heavy atom. The average molecular weight is 400 g/mol. The third-order valence-electron chi connectivity index (χ3n) is 3.83. The fourth-order valence-corrected chi connectivity index (χ4v) is 3.45. The summed E-state index contributed by atoms with van der Waals surface area (Å²) in [7, 11) is 1.52. The van der Waals surface area contributed by atoms with Crippen LogP contribution in [-0.2, 0) is 0 Å². The molecule has 0 saturated carbocycles. The lowest BCUT2D eigenvalue weighted by molar-refractivity contribution is -0.129. The van der Waals surface area contributed by atoms with Gasteiger partial charge in [0.25, 0.3) is 0 Å². The fourth-order valence-electron chi connectivity index (χ4n) is 2.49. The molecule has 0 amide bonds. The minimum atomic E-state index is -4.10. The molecule has 5 nitrogen and oxygen atoms in total. The topological polar surface area (TPSA) is 43.2 Å². The summed E-state index contributed by atoms with van der Waals surface area (Å²) >= 11 is 1.27. The zero-order valence-electron chi connectivity index (χ0n) is 15.4. The molecule has 27 heavy (non-hydrogen) atoms. The Labute approximate surface area is 161 Å². The van der Waals surface area contributed by atoms with Gasteiger partial charge in [-0.2, -0.15) is 24.9 Å². The third-order valence-corrected chi connectivity index (χ3v) is 4.82. The highest BCUT2D eigenvalue weighted by Gasteiger charge is 2.26. The van der Waals surface area contributed by atoms with E-state index in [4.69, 9.17) is 4.84 Å². The number of aromatic nitrogens is 3. The maximum absolute atomic E-state index is 12.2. The van der Waals surface area contributed by atoms with Crippen LogP contribution in [0.2, 0.25) is 0 Å². The van der Waals surface area contributed by atoms with Gasteiger partial charge < -0.3 is 9.74 Å². The summed E-state index contributed by atoms with van der Waals surface area (Å²) in [6.07, 6.45) is -0.893. The van der Waals surface area contributed by atoms with Crippen molar-refractivity contribution in [3.8, 4) is 11.3 Å². The second-order valence-corrected chi connectivity index (χ2v) is 6.95. The van der Waals surface area contributed by atoms with Crippen LogP contribution in [-0.4, -0.2) is 46.3 Å². The number of hydrogen-bond donors (Lipinski definition) is 0. The monoisotopic (exact) mass is 400 g/mol. The molecule has 0 atom stereocenters. The highest BCUT2D eigenvalue weighted by Crippen LogP contribution is 2.27. The van der Waals surface area contributed by atoms with E-state index in [0.29, 0.717) is 30.2 Å². The predicted molar refractivity (Wildman–Crippen MR) is 103 cm³/mol. The van der Waals surface area contributed by atoms with E-state index in [2.05, 4.69) is 16.7 Å². The Morgan fingerprint density at radius 1 is 1.37 bits per heavy atom. The first-order valence-electron chi connectivity index (χ1n) is 8.50. The number of thioether (sulfide) groups is 1. The summed E-state index contributed by atoms with van der Waals surface area (Å²) in [5.41, 5.74) is 2.37. The fraction of sp³-hybridized carbons (Fsp3) is 0.444. The van der Waals surface area contributed by atoms with E-state index in [1.807, 2.05) is 30.0 Å². The smallest absolute Gasteiger partial charge is 0.389 e. The van der Waals surface area contributed by atoms with Crippen LogP contribution in [0.5, 0.6) is 0 Å². The number of anilines is 1. The summed E-state index contributed by atoms with van der Waals surface area (Å²) in [6, 6.07) is 5.61. The van der Waals surface area contributed by atoms with E-state index in [1.54, 1.807) is 12.4 Å². The normalized spacial score (nSPS) is 11.4. The molecule has 148 valence electrons. The second-order valence-electron chi connectivity index (χ2n) is 5.72. The molecular formula is C18H23F3N4OS. The molecule has 0 radical (unpaired) electrons. The lowest BCUT2D eigenvalue weighted by atomic mass is 10.2. The van der Waals surface area contributed by atoms with Crippen LogP contribution < -0.4 is 9.74 Å². The Bertz CT molecular complexity index is 734. The molecular weight excluding hydrogens is 377 g/mol. The van der Waals surface area contributed by atoms with Gasteiger partial charge in [-0.15, -0.1) is 5.10 Å². The number of halogens is 3. The summed E-state index contributed by atoms with van der Waals surface area (Å²) in [5.74, 6) is 1.34. The Morgan fingerprint density at radius 2 is 2.15 bits per heavy atom. The van der Waals surface area contributed by atoms with E-state index in [9.17, 15) is 13.2 Å². The minimum Gasteiger partial charge on any atom is -0.398 e. The van der Waals surface area contributed by atoms with Crippen molar-refractivity contribution in [1.82, 2.24) is 14.9 Å². The van der Waals surface area contributed by atoms with Gasteiger partial charge in [0.05, 0.1) is 12.1 Å². The lowest BCUT2D eigenvalue weighted by Gasteiger charge is -2.24. The van der Waals surface area contributed by atoms with E-state index in [-0.39, 0.29) is 5.75 Å². The number of nitrogens with zero attached hydrogens (tertiary/aromatic N) is 4. The third kappa shape index (κ3) is 6.20. The number of alkyl halides is 3. The molecule has 2 aromatic heterocycles. The van der Waals surface area contributed by atoms with Crippen molar-refractivity contribution >= 4 is 17.6 Å². The highest BCUT2D eigenvalue weighted by molar-refractivity contribution is 7.99. The maximum Gasteiger partial charge on any atom is 0.389 e. The summed E-state index contributed by atoms with van der Waals surface area (Å²) in [5, 5.41) is 4.43. The van der Waals surface area contributed by atoms with Gasteiger partial charge in [-0.25, -0.2) is 0 Å². The van der Waals surface area contributed by atoms with Crippen LogP contribution in [0.15, 0.2) is 42.9 Å². The molecule has 9 heteroatoms. The summed E-state index contributed by atoms with van der Waals surface area (Å²) < 4.78 is 36.6. The van der Waals surface area contributed by atoms with Crippen LogP contribution in [0.3, 0.4) is 0 Å². The molecule has 2 aromatic rings. The molecule has 0 unspecified atom stereocenters. The van der Waals surface area contributed by atoms with Crippen LogP contribution >= 0.6 is 11.8 Å². The van der Waals surface area contributed by atoms with Gasteiger partial charge in [-0.1, -0.05) is 11.4 Å². The Hall–Kier alpha value is -2.16. The minimum absolute atomic E-state index is 0.0596. The van der Waals surface area contributed by atoms with Gasteiger partial charge in [-0.3, -0.25) is 4.98 Å². The first-order chi connectivity index (χ1) is 12.9. The van der Waals surface area contributed by atoms with Crippen molar-refractivity contribution < 1.29 is 18.0 Å². The van der Waals surface area contributed by atoms with E-state index in [1.165, 1.54) is 23.7 Å². The number of allylic oxidation sites excluding steroid dienone is 1. The largest absolute Gasteiger partial charge is 0.398 e. The number of hydrogen-bond acceptors (Lipinski definition) is 5. The first-order valence-corrected chi connectivity index (χ1v) is 9.66. The maximum atomic E-state index is 12.2. The second kappa shape index (κ2) is 9.68. The molecule has 0 bridgehead atoms. The van der Waals surface area contributed by atoms with Crippen molar-refractivity contribution in [3.63, 3.8) is 0 Å². The number of pyridine rings is 1. The van der Waals surface area contributed by atoms with Gasteiger partial charge in [0.2, 0.25) is 0 Å². The molecule has 0 aliphatic heterocycles. The summed E-state index contributed by atoms with van der Waals surface area (Å²) in [4.78, 5) is 12.8. The van der Waals surface area contributed by atoms with Crippen LogP contribution in [0.4, 0.5) is 19.0 Å². The van der Waals surface area contributed by atoms with Gasteiger partial charge in [-0.05, 0) is 31.2 Å². The molecule has 0 saturated heterocycles. The SMILES string of the molecule is C=C(CCSCCC(F)(F)F)N(CC)c1cc(-c2cccnc2)nn1OC. The van der Waals surface area contributed by atoms with Crippen molar-refractivity contribution in [1.29, 1.82) is 0 Å². The van der Waals surface area contributed by atoms with Gasteiger partial charge in [0, 0.05) is 42.0 Å². The van der Waals surface area contributed by atoms with Crippen LogP contribution in [0.1, 0.15) is 19.8 Å². The van der Waals surface area contributed by atoms with E-state index in [0.717, 1.165) is 11.3 Å². The lowest BCUT2D eigenvalue weighted by Crippen LogP contribution is -2.26. The van der Waals surface area contributed by atoms with Crippen molar-refractivity contribution in [3.05, 3.63) is 42.9 Å². The molecule has 0 aromatic carbocycles. The van der Waals surface area contributed by atoms with Crippen molar-refractivity contribution in [2.75, 3.05) is 30.1 Å². The van der Waals surface area contributed by atoms with Crippen LogP contribution in [0, 0.1) is 0 Å². The zero-order chi connectivity index (χ0) is 19.9. The van der Waals surface area contributed by atoms with Gasteiger partial charge >= 0.3 is 6.18 Å². The molecule has 0 aliphatic rings. The van der Waals surface area contributed by atoms with Gasteiger partial charge in [0.1, 0.15) is 7.11 Å². The molecule has 0 N–H and O–H groups in total. The van der Waals surface area contributed by atoms with Gasteiger partial charge in [0.15, 0.2) is 5.82 Å². The molecule has 2 rings (SSSR count). The number of rotatable bonds is 10. The van der Waals surface area contributed by atoms with Crippen molar-refractivity contribution in [2.24, 2.45) is 0 Å².